The largest absolute Gasteiger partial charge is 0.390 e. The van der Waals surface area contributed by atoms with Crippen LogP contribution in [0.2, 0.25) is 0 Å². The van der Waals surface area contributed by atoms with E-state index in [9.17, 15) is 13.5 Å². The topological polar surface area (TPSA) is 66.4 Å². The Hall–Kier alpha value is -0.130. The van der Waals surface area contributed by atoms with Crippen LogP contribution in [0.3, 0.4) is 0 Å². The summed E-state index contributed by atoms with van der Waals surface area (Å²) in [5, 5.41) is 13.0. The highest BCUT2D eigenvalue weighted by atomic mass is 32.2. The summed E-state index contributed by atoms with van der Waals surface area (Å²) < 4.78 is 22.8. The van der Waals surface area contributed by atoms with Crippen molar-refractivity contribution in [2.75, 3.05) is 18.1 Å². The molecule has 3 fully saturated rings. The number of fused-ring (bicyclic) bond motifs is 2. The van der Waals surface area contributed by atoms with E-state index < -0.39 is 15.9 Å². The highest BCUT2D eigenvalue weighted by Crippen LogP contribution is 2.47. The van der Waals surface area contributed by atoms with Crippen molar-refractivity contribution in [1.82, 2.24) is 5.32 Å². The van der Waals surface area contributed by atoms with Crippen molar-refractivity contribution in [3.63, 3.8) is 0 Å². The molecule has 5 heteroatoms. The zero-order valence-electron chi connectivity index (χ0n) is 10.0. The van der Waals surface area contributed by atoms with Crippen LogP contribution in [0.5, 0.6) is 0 Å². The lowest BCUT2D eigenvalue weighted by molar-refractivity contribution is 0.159. The van der Waals surface area contributed by atoms with Gasteiger partial charge in [-0.25, -0.2) is 8.42 Å². The first-order valence-electron chi connectivity index (χ1n) is 6.65. The van der Waals surface area contributed by atoms with Crippen LogP contribution in [0.25, 0.3) is 0 Å². The van der Waals surface area contributed by atoms with Crippen LogP contribution >= 0.6 is 0 Å². The van der Waals surface area contributed by atoms with Gasteiger partial charge in [-0.2, -0.15) is 0 Å². The maximum atomic E-state index is 11.4. The molecule has 1 saturated heterocycles. The van der Waals surface area contributed by atoms with Crippen molar-refractivity contribution in [3.8, 4) is 0 Å². The molecule has 4 nitrogen and oxygen atoms in total. The maximum Gasteiger partial charge on any atom is 0.154 e. The van der Waals surface area contributed by atoms with Gasteiger partial charge in [0.1, 0.15) is 0 Å². The number of aliphatic hydroxyl groups excluding tert-OH is 1. The predicted molar refractivity (Wildman–Crippen MR) is 65.4 cm³/mol. The summed E-state index contributed by atoms with van der Waals surface area (Å²) in [6.45, 7) is 0.887. The second kappa shape index (κ2) is 4.21. The van der Waals surface area contributed by atoms with Crippen molar-refractivity contribution < 1.29 is 13.5 Å². The Bertz CT molecular complexity index is 395. The molecule has 1 heterocycles. The van der Waals surface area contributed by atoms with E-state index in [1.54, 1.807) is 0 Å². The minimum absolute atomic E-state index is 0.0681. The van der Waals surface area contributed by atoms with E-state index in [4.69, 9.17) is 0 Å². The molecule has 0 amide bonds. The van der Waals surface area contributed by atoms with E-state index in [0.717, 1.165) is 18.4 Å². The van der Waals surface area contributed by atoms with Gasteiger partial charge in [0.2, 0.25) is 0 Å². The molecule has 0 spiro atoms. The van der Waals surface area contributed by atoms with E-state index in [1.165, 1.54) is 25.7 Å². The molecular weight excluding hydrogens is 238 g/mol. The Kier molecular flexibility index (Phi) is 2.96. The van der Waals surface area contributed by atoms with Crippen LogP contribution in [0.1, 0.15) is 25.7 Å². The van der Waals surface area contributed by atoms with Crippen LogP contribution in [-0.4, -0.2) is 43.7 Å². The molecule has 0 aromatic heterocycles. The van der Waals surface area contributed by atoms with Gasteiger partial charge in [0.15, 0.2) is 9.84 Å². The molecule has 2 N–H and O–H groups in total. The Morgan fingerprint density at radius 3 is 2.53 bits per heavy atom. The number of sulfone groups is 1. The van der Waals surface area contributed by atoms with Gasteiger partial charge in [-0.15, -0.1) is 0 Å². The molecule has 17 heavy (non-hydrogen) atoms. The minimum atomic E-state index is -3.01. The SMILES string of the molecule is O=S1(=O)CC(O)C(NCC2CC3CCC2C3)C1. The molecule has 0 aromatic rings. The fourth-order valence-corrected chi connectivity index (χ4v) is 5.73. The van der Waals surface area contributed by atoms with Gasteiger partial charge in [0.05, 0.1) is 17.6 Å². The molecular formula is C12H21NO3S. The monoisotopic (exact) mass is 259 g/mol. The molecule has 0 aromatic carbocycles. The van der Waals surface area contributed by atoms with Gasteiger partial charge in [-0.1, -0.05) is 6.42 Å². The number of hydrogen-bond acceptors (Lipinski definition) is 4. The van der Waals surface area contributed by atoms with E-state index in [0.29, 0.717) is 5.92 Å². The smallest absolute Gasteiger partial charge is 0.154 e. The van der Waals surface area contributed by atoms with E-state index >= 15 is 0 Å². The third-order valence-corrected chi connectivity index (χ3v) is 6.57. The average Bonchev–Trinajstić information content (AvgIpc) is 2.89. The Morgan fingerprint density at radius 2 is 2.00 bits per heavy atom. The zero-order chi connectivity index (χ0) is 12.0. The van der Waals surface area contributed by atoms with Gasteiger partial charge in [-0.3, -0.25) is 0 Å². The molecule has 3 aliphatic rings. The molecule has 2 aliphatic carbocycles. The summed E-state index contributed by atoms with van der Waals surface area (Å²) in [6, 6.07) is -0.237. The third kappa shape index (κ3) is 2.37. The minimum Gasteiger partial charge on any atom is -0.390 e. The molecule has 1 aliphatic heterocycles. The van der Waals surface area contributed by atoms with Gasteiger partial charge >= 0.3 is 0 Å². The van der Waals surface area contributed by atoms with Crippen LogP contribution in [0.15, 0.2) is 0 Å². The number of hydrogen-bond donors (Lipinski definition) is 2. The fraction of sp³-hybridized carbons (Fsp3) is 1.00. The number of nitrogens with one attached hydrogen (secondary N) is 1. The van der Waals surface area contributed by atoms with Crippen molar-refractivity contribution >= 4 is 9.84 Å². The van der Waals surface area contributed by atoms with Crippen LogP contribution < -0.4 is 5.32 Å². The second-order valence-electron chi connectivity index (χ2n) is 6.09. The van der Waals surface area contributed by atoms with Crippen molar-refractivity contribution in [1.29, 1.82) is 0 Å². The molecule has 98 valence electrons. The van der Waals surface area contributed by atoms with E-state index in [1.807, 2.05) is 0 Å². The lowest BCUT2D eigenvalue weighted by Gasteiger charge is -2.24. The van der Waals surface area contributed by atoms with Crippen molar-refractivity contribution in [3.05, 3.63) is 0 Å². The summed E-state index contributed by atoms with van der Waals surface area (Å²) in [5.41, 5.74) is 0. The normalized spacial score (nSPS) is 47.7. The molecule has 5 atom stereocenters. The first-order valence-corrected chi connectivity index (χ1v) is 8.47. The second-order valence-corrected chi connectivity index (χ2v) is 8.25. The van der Waals surface area contributed by atoms with Crippen LogP contribution in [0, 0.1) is 17.8 Å². The van der Waals surface area contributed by atoms with Gasteiger partial charge in [0.25, 0.3) is 0 Å². The summed E-state index contributed by atoms with van der Waals surface area (Å²) >= 11 is 0. The quantitative estimate of drug-likeness (QED) is 0.758. The van der Waals surface area contributed by atoms with Crippen molar-refractivity contribution in [2.45, 2.75) is 37.8 Å². The van der Waals surface area contributed by atoms with Crippen LogP contribution in [-0.2, 0) is 9.84 Å². The highest BCUT2D eigenvalue weighted by Gasteiger charge is 2.41. The predicted octanol–water partition coefficient (Wildman–Crippen LogP) is 0.170. The fourth-order valence-electron chi connectivity index (χ4n) is 3.95. The molecule has 2 saturated carbocycles. The van der Waals surface area contributed by atoms with Crippen molar-refractivity contribution in [2.24, 2.45) is 17.8 Å². The first-order chi connectivity index (χ1) is 8.03. The lowest BCUT2D eigenvalue weighted by atomic mass is 9.88. The number of aliphatic hydroxyl groups is 1. The lowest BCUT2D eigenvalue weighted by Crippen LogP contribution is -2.42. The standard InChI is InChI=1S/C12H21NO3S/c14-12-7-17(15,16)6-11(12)13-5-10-4-8-1-2-9(10)3-8/h8-14H,1-7H2. The summed E-state index contributed by atoms with van der Waals surface area (Å²) in [5.74, 6) is 2.52. The Morgan fingerprint density at radius 1 is 1.18 bits per heavy atom. The van der Waals surface area contributed by atoms with Crippen LogP contribution in [0.4, 0.5) is 0 Å². The first kappa shape index (κ1) is 11.9. The third-order valence-electron chi connectivity index (χ3n) is 4.85. The summed E-state index contributed by atoms with van der Waals surface area (Å²) in [6.07, 6.45) is 4.70. The maximum absolute atomic E-state index is 11.4. The average molecular weight is 259 g/mol. The van der Waals surface area contributed by atoms with Gasteiger partial charge in [-0.05, 0) is 43.6 Å². The zero-order valence-corrected chi connectivity index (χ0v) is 10.8. The molecule has 5 unspecified atom stereocenters. The highest BCUT2D eigenvalue weighted by molar-refractivity contribution is 7.91. The Labute approximate surface area is 103 Å². The Balaban J connectivity index is 1.52. The molecule has 0 radical (unpaired) electrons. The molecule has 2 bridgehead atoms. The summed E-state index contributed by atoms with van der Waals surface area (Å²) in [7, 11) is -3.01. The number of rotatable bonds is 3. The van der Waals surface area contributed by atoms with Gasteiger partial charge in [0, 0.05) is 6.04 Å². The summed E-state index contributed by atoms with van der Waals surface area (Å²) in [4.78, 5) is 0. The van der Waals surface area contributed by atoms with E-state index in [2.05, 4.69) is 5.32 Å². The van der Waals surface area contributed by atoms with Gasteiger partial charge < -0.3 is 10.4 Å². The molecule has 3 rings (SSSR count). The van der Waals surface area contributed by atoms with E-state index in [-0.39, 0.29) is 17.5 Å².